The second kappa shape index (κ2) is 9.16. The molecule has 0 aromatic heterocycles. The normalized spacial score (nSPS) is 16.1. The zero-order valence-corrected chi connectivity index (χ0v) is 17.3. The van der Waals surface area contributed by atoms with E-state index < -0.39 is 24.5 Å². The fourth-order valence-electron chi connectivity index (χ4n) is 3.40. The molecule has 0 bridgehead atoms. The van der Waals surface area contributed by atoms with Crippen LogP contribution in [-0.2, 0) is 4.79 Å². The van der Waals surface area contributed by atoms with Crippen molar-refractivity contribution in [3.63, 3.8) is 0 Å². The molecule has 11 heteroatoms. The van der Waals surface area contributed by atoms with Crippen molar-refractivity contribution in [3.8, 4) is 17.2 Å². The van der Waals surface area contributed by atoms with Gasteiger partial charge in [-0.3, -0.25) is 9.59 Å². The Morgan fingerprint density at radius 2 is 1.79 bits per heavy atom. The van der Waals surface area contributed by atoms with Gasteiger partial charge in [0.2, 0.25) is 0 Å². The molecule has 2 aliphatic rings. The minimum absolute atomic E-state index is 0.0260. The molecule has 0 aliphatic carbocycles. The molecule has 2 heterocycles. The minimum atomic E-state index is -4.41. The molecule has 4 rings (SSSR count). The van der Waals surface area contributed by atoms with Gasteiger partial charge in [0.1, 0.15) is 29.7 Å². The van der Waals surface area contributed by atoms with Gasteiger partial charge in [0.15, 0.2) is 12.4 Å². The number of alkyl halides is 3. The van der Waals surface area contributed by atoms with E-state index in [1.807, 2.05) is 0 Å². The fourth-order valence-corrected chi connectivity index (χ4v) is 3.40. The Bertz CT molecular complexity index is 1040. The van der Waals surface area contributed by atoms with Gasteiger partial charge in [-0.05, 0) is 30.3 Å². The number of anilines is 1. The number of nitrogens with one attached hydrogen (secondary N) is 1. The van der Waals surface area contributed by atoms with E-state index in [9.17, 15) is 27.2 Å². The molecular weight excluding hydrogens is 448 g/mol. The third kappa shape index (κ3) is 5.65. The number of hydrogen-bond donors (Lipinski definition) is 1. The van der Waals surface area contributed by atoms with Crippen LogP contribution in [0.5, 0.6) is 17.2 Å². The van der Waals surface area contributed by atoms with E-state index in [1.165, 1.54) is 35.2 Å². The van der Waals surface area contributed by atoms with Gasteiger partial charge in [-0.25, -0.2) is 4.39 Å². The molecule has 1 N–H and O–H groups in total. The van der Waals surface area contributed by atoms with Crippen LogP contribution in [0.4, 0.5) is 23.2 Å². The van der Waals surface area contributed by atoms with E-state index >= 15 is 0 Å². The maximum atomic E-state index is 14.5. The second-order valence-electron chi connectivity index (χ2n) is 7.77. The highest BCUT2D eigenvalue weighted by Gasteiger charge is 2.33. The molecule has 2 aromatic carbocycles. The number of carbonyl (C=O) groups excluding carboxylic acids is 2. The number of rotatable bonds is 6. The van der Waals surface area contributed by atoms with Crippen molar-refractivity contribution >= 4 is 17.4 Å². The molecule has 1 amide bonds. The van der Waals surface area contributed by atoms with Gasteiger partial charge in [-0.15, -0.1) is 0 Å². The minimum Gasteiger partial charge on any atom is -0.493 e. The molecule has 0 saturated carbocycles. The summed E-state index contributed by atoms with van der Waals surface area (Å²) in [7, 11) is 0. The van der Waals surface area contributed by atoms with Crippen LogP contribution in [-0.4, -0.2) is 62.2 Å². The Hall–Kier alpha value is -3.50. The Kier molecular flexibility index (Phi) is 6.30. The number of carbonyl (C=O) groups is 2. The lowest BCUT2D eigenvalue weighted by Gasteiger charge is -2.39. The SMILES string of the molecule is O=C1CNc2cc(C(=O)N3CC(COc4ccc(OCC(F)(F)F)cc4)C3)c(F)cc2OC1. The number of amides is 1. The van der Waals surface area contributed by atoms with E-state index in [0.29, 0.717) is 24.5 Å². The predicted molar refractivity (Wildman–Crippen MR) is 108 cm³/mol. The highest BCUT2D eigenvalue weighted by Crippen LogP contribution is 2.31. The molecule has 1 saturated heterocycles. The van der Waals surface area contributed by atoms with E-state index in [-0.39, 0.29) is 48.5 Å². The smallest absolute Gasteiger partial charge is 0.422 e. The second-order valence-corrected chi connectivity index (χ2v) is 7.77. The first-order chi connectivity index (χ1) is 15.7. The number of hydrogen-bond acceptors (Lipinski definition) is 6. The average molecular weight is 468 g/mol. The van der Waals surface area contributed by atoms with Crippen LogP contribution in [0.1, 0.15) is 10.4 Å². The largest absolute Gasteiger partial charge is 0.493 e. The first kappa shape index (κ1) is 22.7. The molecule has 0 radical (unpaired) electrons. The summed E-state index contributed by atoms with van der Waals surface area (Å²) >= 11 is 0. The zero-order valence-electron chi connectivity index (χ0n) is 17.3. The lowest BCUT2D eigenvalue weighted by atomic mass is 9.99. The van der Waals surface area contributed by atoms with E-state index in [0.717, 1.165) is 6.07 Å². The van der Waals surface area contributed by atoms with Crippen LogP contribution < -0.4 is 19.5 Å². The van der Waals surface area contributed by atoms with Gasteiger partial charge in [0.25, 0.3) is 5.91 Å². The Balaban J connectivity index is 1.27. The summed E-state index contributed by atoms with van der Waals surface area (Å²) in [6, 6.07) is 8.19. The maximum absolute atomic E-state index is 14.5. The standard InChI is InChI=1S/C22H20F4N2O5/c23-18-6-20-19(27-7-14(29)11-32-20)5-17(18)21(30)28-8-13(9-28)10-31-15-1-3-16(4-2-15)33-12-22(24,25)26/h1-6,13,27H,7-12H2. The molecule has 176 valence electrons. The summed E-state index contributed by atoms with van der Waals surface area (Å²) in [6.45, 7) is -0.481. The fraction of sp³-hybridized carbons (Fsp3) is 0.364. The van der Waals surface area contributed by atoms with Crippen molar-refractivity contribution in [3.05, 3.63) is 47.8 Å². The van der Waals surface area contributed by atoms with Gasteiger partial charge < -0.3 is 24.4 Å². The van der Waals surface area contributed by atoms with Crippen LogP contribution in [0, 0.1) is 11.7 Å². The summed E-state index contributed by atoms with van der Waals surface area (Å²) < 4.78 is 66.5. The van der Waals surface area contributed by atoms with E-state index in [4.69, 9.17) is 9.47 Å². The van der Waals surface area contributed by atoms with Gasteiger partial charge in [-0.1, -0.05) is 0 Å². The Morgan fingerprint density at radius 1 is 1.12 bits per heavy atom. The highest BCUT2D eigenvalue weighted by molar-refractivity contribution is 5.97. The van der Waals surface area contributed by atoms with E-state index in [1.54, 1.807) is 0 Å². The molecule has 1 fully saturated rings. The van der Waals surface area contributed by atoms with Gasteiger partial charge >= 0.3 is 6.18 Å². The predicted octanol–water partition coefficient (Wildman–Crippen LogP) is 3.29. The molecule has 2 aromatic rings. The highest BCUT2D eigenvalue weighted by atomic mass is 19.4. The monoisotopic (exact) mass is 468 g/mol. The number of likely N-dealkylation sites (tertiary alicyclic amines) is 1. The first-order valence-corrected chi connectivity index (χ1v) is 10.1. The summed E-state index contributed by atoms with van der Waals surface area (Å²) in [4.78, 5) is 25.7. The van der Waals surface area contributed by atoms with Crippen LogP contribution in [0.2, 0.25) is 0 Å². The molecule has 7 nitrogen and oxygen atoms in total. The van der Waals surface area contributed by atoms with Gasteiger partial charge in [-0.2, -0.15) is 13.2 Å². The molecule has 33 heavy (non-hydrogen) atoms. The van der Waals surface area contributed by atoms with Crippen molar-refractivity contribution in [2.45, 2.75) is 6.18 Å². The average Bonchev–Trinajstić information content (AvgIpc) is 2.92. The number of Topliss-reactive ketones (excluding diaryl/α,β-unsaturated/α-hetero) is 1. The van der Waals surface area contributed by atoms with Gasteiger partial charge in [0, 0.05) is 25.1 Å². The Labute approximate surface area is 186 Å². The van der Waals surface area contributed by atoms with Crippen molar-refractivity contribution in [2.24, 2.45) is 5.92 Å². The van der Waals surface area contributed by atoms with Gasteiger partial charge in [0.05, 0.1) is 24.4 Å². The quantitative estimate of drug-likeness (QED) is 0.656. The third-order valence-corrected chi connectivity index (χ3v) is 5.12. The number of halogens is 4. The van der Waals surface area contributed by atoms with Crippen molar-refractivity contribution in [2.75, 3.05) is 44.8 Å². The van der Waals surface area contributed by atoms with Crippen molar-refractivity contribution < 1.29 is 41.4 Å². The van der Waals surface area contributed by atoms with Crippen molar-refractivity contribution in [1.82, 2.24) is 4.90 Å². The lowest BCUT2D eigenvalue weighted by molar-refractivity contribution is -0.153. The zero-order chi connectivity index (χ0) is 23.6. The third-order valence-electron chi connectivity index (χ3n) is 5.12. The topological polar surface area (TPSA) is 77.1 Å². The van der Waals surface area contributed by atoms with E-state index in [2.05, 4.69) is 10.1 Å². The van der Waals surface area contributed by atoms with Crippen molar-refractivity contribution in [1.29, 1.82) is 0 Å². The molecular formula is C22H20F4N2O5. The van der Waals surface area contributed by atoms with Crippen LogP contribution in [0.25, 0.3) is 0 Å². The number of ether oxygens (including phenoxy) is 3. The molecule has 0 spiro atoms. The number of nitrogens with zero attached hydrogens (tertiary/aromatic N) is 1. The molecule has 0 unspecified atom stereocenters. The van der Waals surface area contributed by atoms with Crippen LogP contribution >= 0.6 is 0 Å². The summed E-state index contributed by atoms with van der Waals surface area (Å²) in [5.74, 6) is -0.660. The molecule has 2 aliphatic heterocycles. The van der Waals surface area contributed by atoms with Crippen LogP contribution in [0.3, 0.4) is 0 Å². The maximum Gasteiger partial charge on any atom is 0.422 e. The summed E-state index contributed by atoms with van der Waals surface area (Å²) in [6.07, 6.45) is -4.41. The number of ketones is 1. The number of benzene rings is 2. The number of fused-ring (bicyclic) bond motifs is 1. The lowest BCUT2D eigenvalue weighted by Crippen LogP contribution is -2.52. The Morgan fingerprint density at radius 3 is 2.45 bits per heavy atom. The summed E-state index contributed by atoms with van der Waals surface area (Å²) in [5.41, 5.74) is 0.265. The molecule has 0 atom stereocenters. The summed E-state index contributed by atoms with van der Waals surface area (Å²) in [5, 5.41) is 2.84. The first-order valence-electron chi connectivity index (χ1n) is 10.1. The van der Waals surface area contributed by atoms with Crippen LogP contribution in [0.15, 0.2) is 36.4 Å².